The normalized spacial score (nSPS) is 10.5. The van der Waals surface area contributed by atoms with Crippen LogP contribution in [0.4, 0.5) is 11.4 Å². The molecular formula is C17H19ClN2O. The predicted octanol–water partition coefficient (Wildman–Crippen LogP) is 4.35. The first-order valence-electron chi connectivity index (χ1n) is 6.89. The van der Waals surface area contributed by atoms with Gasteiger partial charge in [-0.3, -0.25) is 4.79 Å². The minimum Gasteiger partial charge on any atom is -0.399 e. The molecule has 3 nitrogen and oxygen atoms in total. The van der Waals surface area contributed by atoms with E-state index in [-0.39, 0.29) is 5.91 Å². The van der Waals surface area contributed by atoms with Gasteiger partial charge in [-0.25, -0.2) is 0 Å². The van der Waals surface area contributed by atoms with Crippen molar-refractivity contribution in [1.29, 1.82) is 0 Å². The Morgan fingerprint density at radius 2 is 1.90 bits per heavy atom. The molecule has 110 valence electrons. The number of nitrogens with one attached hydrogen (secondary N) is 1. The van der Waals surface area contributed by atoms with Gasteiger partial charge in [0.1, 0.15) is 0 Å². The fourth-order valence-electron chi connectivity index (χ4n) is 2.27. The number of halogens is 1. The lowest BCUT2D eigenvalue weighted by Crippen LogP contribution is -2.14. The molecule has 0 aliphatic carbocycles. The van der Waals surface area contributed by atoms with Crippen LogP contribution < -0.4 is 11.1 Å². The van der Waals surface area contributed by atoms with E-state index in [1.165, 1.54) is 0 Å². The van der Waals surface area contributed by atoms with Gasteiger partial charge in [-0.15, -0.1) is 0 Å². The summed E-state index contributed by atoms with van der Waals surface area (Å²) in [6, 6.07) is 9.05. The Morgan fingerprint density at radius 1 is 1.19 bits per heavy atom. The molecule has 0 bridgehead atoms. The van der Waals surface area contributed by atoms with E-state index in [1.807, 2.05) is 39.0 Å². The summed E-state index contributed by atoms with van der Waals surface area (Å²) >= 11 is 6.07. The van der Waals surface area contributed by atoms with Crippen LogP contribution in [0.2, 0.25) is 5.02 Å². The average Bonchev–Trinajstić information content (AvgIpc) is 2.44. The average molecular weight is 303 g/mol. The van der Waals surface area contributed by atoms with Crippen molar-refractivity contribution < 1.29 is 4.79 Å². The van der Waals surface area contributed by atoms with E-state index < -0.39 is 0 Å². The lowest BCUT2D eigenvalue weighted by Gasteiger charge is -2.14. The van der Waals surface area contributed by atoms with E-state index in [4.69, 9.17) is 17.3 Å². The molecular weight excluding hydrogens is 284 g/mol. The Morgan fingerprint density at radius 3 is 2.52 bits per heavy atom. The zero-order valence-electron chi connectivity index (χ0n) is 12.5. The maximum Gasteiger partial charge on any atom is 0.255 e. The highest BCUT2D eigenvalue weighted by Crippen LogP contribution is 2.26. The second-order valence-electron chi connectivity index (χ2n) is 5.14. The van der Waals surface area contributed by atoms with E-state index in [0.717, 1.165) is 28.8 Å². The van der Waals surface area contributed by atoms with Crippen LogP contribution in [0.15, 0.2) is 30.3 Å². The molecule has 21 heavy (non-hydrogen) atoms. The Balaban J connectivity index is 2.33. The predicted molar refractivity (Wildman–Crippen MR) is 89.1 cm³/mol. The van der Waals surface area contributed by atoms with E-state index in [9.17, 15) is 4.79 Å². The molecule has 0 aliphatic heterocycles. The van der Waals surface area contributed by atoms with Crippen LogP contribution in [0.25, 0.3) is 0 Å². The van der Waals surface area contributed by atoms with Crippen LogP contribution in [-0.2, 0) is 6.42 Å². The molecule has 0 aliphatic rings. The summed E-state index contributed by atoms with van der Waals surface area (Å²) < 4.78 is 0. The van der Waals surface area contributed by atoms with Crippen molar-refractivity contribution in [3.63, 3.8) is 0 Å². The van der Waals surface area contributed by atoms with Gasteiger partial charge in [0.15, 0.2) is 0 Å². The van der Waals surface area contributed by atoms with Crippen LogP contribution in [-0.4, -0.2) is 5.91 Å². The number of hydrogen-bond donors (Lipinski definition) is 2. The van der Waals surface area contributed by atoms with Gasteiger partial charge < -0.3 is 11.1 Å². The highest BCUT2D eigenvalue weighted by molar-refractivity contribution is 6.31. The summed E-state index contributed by atoms with van der Waals surface area (Å²) in [5.41, 5.74) is 10.9. The highest BCUT2D eigenvalue weighted by atomic mass is 35.5. The number of nitrogens with two attached hydrogens (primary N) is 1. The number of rotatable bonds is 3. The number of carbonyl (C=O) groups excluding carboxylic acids is 1. The second kappa shape index (κ2) is 6.19. The Bertz CT molecular complexity index is 695. The fraction of sp³-hybridized carbons (Fsp3) is 0.235. The molecule has 0 spiro atoms. The van der Waals surface area contributed by atoms with E-state index in [0.29, 0.717) is 16.3 Å². The highest BCUT2D eigenvalue weighted by Gasteiger charge is 2.12. The molecule has 0 aromatic heterocycles. The molecule has 0 saturated carbocycles. The van der Waals surface area contributed by atoms with Gasteiger partial charge in [0, 0.05) is 22.0 Å². The first-order chi connectivity index (χ1) is 9.92. The van der Waals surface area contributed by atoms with Gasteiger partial charge in [0.05, 0.1) is 0 Å². The van der Waals surface area contributed by atoms with Crippen molar-refractivity contribution in [1.82, 2.24) is 0 Å². The van der Waals surface area contributed by atoms with Crippen molar-refractivity contribution in [2.24, 2.45) is 0 Å². The first-order valence-corrected chi connectivity index (χ1v) is 7.26. The lowest BCUT2D eigenvalue weighted by molar-refractivity contribution is 0.102. The zero-order valence-corrected chi connectivity index (χ0v) is 13.2. The Labute approximate surface area is 130 Å². The number of benzene rings is 2. The maximum absolute atomic E-state index is 12.4. The molecule has 4 heteroatoms. The SMILES string of the molecule is CCc1cc(N)cc(C)c1NC(=O)c1ccc(C)c(Cl)c1. The first kappa shape index (κ1) is 15.4. The van der Waals surface area contributed by atoms with Crippen molar-refractivity contribution in [2.45, 2.75) is 27.2 Å². The number of carbonyl (C=O) groups is 1. The molecule has 2 aromatic carbocycles. The zero-order chi connectivity index (χ0) is 15.6. The minimum absolute atomic E-state index is 0.167. The summed E-state index contributed by atoms with van der Waals surface area (Å²) in [5, 5.41) is 3.56. The number of anilines is 2. The smallest absolute Gasteiger partial charge is 0.255 e. The third-order valence-electron chi connectivity index (χ3n) is 3.49. The van der Waals surface area contributed by atoms with Crippen LogP contribution in [0.5, 0.6) is 0 Å². The standard InChI is InChI=1S/C17H19ClN2O/c1-4-12-8-14(19)7-11(3)16(12)20-17(21)13-6-5-10(2)15(18)9-13/h5-9H,4,19H2,1-3H3,(H,20,21). The van der Waals surface area contributed by atoms with Crippen molar-refractivity contribution in [3.8, 4) is 0 Å². The van der Waals surface area contributed by atoms with Gasteiger partial charge in [-0.05, 0) is 61.2 Å². The largest absolute Gasteiger partial charge is 0.399 e. The Kier molecular flexibility index (Phi) is 4.53. The molecule has 0 unspecified atom stereocenters. The van der Waals surface area contributed by atoms with Gasteiger partial charge in [0.2, 0.25) is 0 Å². The summed E-state index contributed by atoms with van der Waals surface area (Å²) in [5.74, 6) is -0.167. The van der Waals surface area contributed by atoms with Crippen molar-refractivity contribution in [3.05, 3.63) is 57.6 Å². The molecule has 0 fully saturated rings. The van der Waals surface area contributed by atoms with E-state index in [1.54, 1.807) is 12.1 Å². The molecule has 0 saturated heterocycles. The quantitative estimate of drug-likeness (QED) is 0.828. The Hall–Kier alpha value is -2.00. The molecule has 2 rings (SSSR count). The van der Waals surface area contributed by atoms with Gasteiger partial charge in [-0.1, -0.05) is 24.6 Å². The molecule has 1 amide bonds. The molecule has 0 radical (unpaired) electrons. The number of nitrogen functional groups attached to an aromatic ring is 1. The number of aryl methyl sites for hydroxylation is 3. The molecule has 2 aromatic rings. The maximum atomic E-state index is 12.4. The van der Waals surface area contributed by atoms with Gasteiger partial charge in [0.25, 0.3) is 5.91 Å². The lowest BCUT2D eigenvalue weighted by atomic mass is 10.0. The third-order valence-corrected chi connectivity index (χ3v) is 3.90. The fourth-order valence-corrected chi connectivity index (χ4v) is 2.45. The van der Waals surface area contributed by atoms with Crippen LogP contribution >= 0.6 is 11.6 Å². The van der Waals surface area contributed by atoms with E-state index in [2.05, 4.69) is 5.32 Å². The minimum atomic E-state index is -0.167. The summed E-state index contributed by atoms with van der Waals surface area (Å²) in [6.07, 6.45) is 0.802. The van der Waals surface area contributed by atoms with Crippen molar-refractivity contribution in [2.75, 3.05) is 11.1 Å². The second-order valence-corrected chi connectivity index (χ2v) is 5.55. The van der Waals surface area contributed by atoms with Crippen LogP contribution in [0.3, 0.4) is 0 Å². The monoisotopic (exact) mass is 302 g/mol. The number of hydrogen-bond acceptors (Lipinski definition) is 2. The summed E-state index contributed by atoms with van der Waals surface area (Å²) in [4.78, 5) is 12.4. The van der Waals surface area contributed by atoms with Gasteiger partial charge >= 0.3 is 0 Å². The molecule has 0 heterocycles. The summed E-state index contributed by atoms with van der Waals surface area (Å²) in [7, 11) is 0. The van der Waals surface area contributed by atoms with Crippen LogP contribution in [0.1, 0.15) is 34.0 Å². The number of amides is 1. The van der Waals surface area contributed by atoms with Crippen LogP contribution in [0, 0.1) is 13.8 Å². The molecule has 3 N–H and O–H groups in total. The molecule has 0 atom stereocenters. The van der Waals surface area contributed by atoms with E-state index >= 15 is 0 Å². The topological polar surface area (TPSA) is 55.1 Å². The third kappa shape index (κ3) is 3.37. The summed E-state index contributed by atoms with van der Waals surface area (Å²) in [6.45, 7) is 5.88. The van der Waals surface area contributed by atoms with Gasteiger partial charge in [-0.2, -0.15) is 0 Å². The van der Waals surface area contributed by atoms with Crippen molar-refractivity contribution >= 4 is 28.9 Å².